The van der Waals surface area contributed by atoms with Crippen LogP contribution in [-0.2, 0) is 11.9 Å². The van der Waals surface area contributed by atoms with Gasteiger partial charge in [0.1, 0.15) is 5.82 Å². The Balaban J connectivity index is 2.03. The van der Waals surface area contributed by atoms with Gasteiger partial charge in [0.15, 0.2) is 10.9 Å². The van der Waals surface area contributed by atoms with Crippen LogP contribution in [0.15, 0.2) is 35.5 Å². The molecule has 6 nitrogen and oxygen atoms in total. The van der Waals surface area contributed by atoms with Gasteiger partial charge in [-0.15, -0.1) is 0 Å². The number of halogens is 3. The largest absolute Gasteiger partial charge is 0.433 e. The van der Waals surface area contributed by atoms with Crippen molar-refractivity contribution < 1.29 is 18.0 Å². The Kier molecular flexibility index (Phi) is 7.86. The van der Waals surface area contributed by atoms with Crippen molar-refractivity contribution >= 4 is 23.5 Å². The summed E-state index contributed by atoms with van der Waals surface area (Å²) in [5, 5.41) is 2.88. The van der Waals surface area contributed by atoms with Crippen LogP contribution >= 0.6 is 11.8 Å². The molecule has 1 aromatic heterocycles. The number of likely N-dealkylation sites (N-methyl/N-ethyl adjacent to an activating group) is 1. The number of thioether (sulfide) groups is 1. The molecule has 158 valence electrons. The number of aromatic nitrogens is 2. The van der Waals surface area contributed by atoms with Gasteiger partial charge in [0.25, 0.3) is 5.91 Å². The predicted octanol–water partition coefficient (Wildman–Crippen LogP) is 3.15. The van der Waals surface area contributed by atoms with Gasteiger partial charge in [0.05, 0.1) is 0 Å². The van der Waals surface area contributed by atoms with E-state index in [4.69, 9.17) is 0 Å². The average Bonchev–Trinajstić information content (AvgIpc) is 2.65. The number of alkyl halides is 3. The lowest BCUT2D eigenvalue weighted by Gasteiger charge is -2.15. The number of nitrogens with one attached hydrogen (secondary N) is 1. The van der Waals surface area contributed by atoms with E-state index in [0.717, 1.165) is 29.9 Å². The smallest absolute Gasteiger partial charge is 0.363 e. The highest BCUT2D eigenvalue weighted by molar-refractivity contribution is 7.98. The van der Waals surface area contributed by atoms with Crippen molar-refractivity contribution in [1.82, 2.24) is 20.2 Å². The van der Waals surface area contributed by atoms with E-state index in [0.29, 0.717) is 17.9 Å². The van der Waals surface area contributed by atoms with Gasteiger partial charge in [0.2, 0.25) is 0 Å². The first-order chi connectivity index (χ1) is 13.6. The first kappa shape index (κ1) is 23.0. The Morgan fingerprint density at radius 1 is 1.10 bits per heavy atom. The molecule has 10 heteroatoms. The summed E-state index contributed by atoms with van der Waals surface area (Å²) in [4.78, 5) is 23.4. The molecule has 0 spiro atoms. The molecule has 1 heterocycles. The molecule has 0 fully saturated rings. The lowest BCUT2D eigenvalue weighted by Crippen LogP contribution is -2.31. The third-order valence-corrected chi connectivity index (χ3v) is 4.79. The van der Waals surface area contributed by atoms with E-state index in [1.807, 2.05) is 19.0 Å². The molecular weight excluding hydrogens is 403 g/mol. The van der Waals surface area contributed by atoms with Crippen LogP contribution in [0.2, 0.25) is 0 Å². The minimum atomic E-state index is -4.54. The van der Waals surface area contributed by atoms with E-state index in [-0.39, 0.29) is 16.9 Å². The second-order valence-electron chi connectivity index (χ2n) is 6.83. The molecular formula is C19H24F3N5OS. The second-order valence-corrected chi connectivity index (χ2v) is 7.77. The van der Waals surface area contributed by atoms with Crippen molar-refractivity contribution in [3.63, 3.8) is 0 Å². The number of hydrogen-bond donors (Lipinski definition) is 1. The summed E-state index contributed by atoms with van der Waals surface area (Å²) in [6.07, 6.45) is -4.54. The van der Waals surface area contributed by atoms with E-state index < -0.39 is 11.9 Å². The van der Waals surface area contributed by atoms with Crippen molar-refractivity contribution in [2.75, 3.05) is 46.2 Å². The topological polar surface area (TPSA) is 61.4 Å². The molecule has 0 radical (unpaired) electrons. The lowest BCUT2D eigenvalue weighted by atomic mass is 10.1. The van der Waals surface area contributed by atoms with Crippen molar-refractivity contribution in [2.24, 2.45) is 0 Å². The van der Waals surface area contributed by atoms with Crippen LogP contribution in [0, 0.1) is 0 Å². The molecule has 0 aliphatic rings. The highest BCUT2D eigenvalue weighted by atomic mass is 32.2. The number of carbonyl (C=O) groups is 1. The Morgan fingerprint density at radius 3 is 2.31 bits per heavy atom. The first-order valence-electron chi connectivity index (χ1n) is 8.84. The maximum absolute atomic E-state index is 13.1. The summed E-state index contributed by atoms with van der Waals surface area (Å²) in [6.45, 7) is 1.29. The minimum Gasteiger partial charge on any atom is -0.363 e. The van der Waals surface area contributed by atoms with Gasteiger partial charge in [-0.3, -0.25) is 4.79 Å². The number of anilines is 1. The van der Waals surface area contributed by atoms with Gasteiger partial charge < -0.3 is 15.1 Å². The van der Waals surface area contributed by atoms with Gasteiger partial charge in [-0.25, -0.2) is 9.97 Å². The molecule has 0 aliphatic carbocycles. The molecule has 1 amide bonds. The number of amides is 1. The zero-order valence-corrected chi connectivity index (χ0v) is 17.6. The third kappa shape index (κ3) is 7.21. The van der Waals surface area contributed by atoms with E-state index in [1.165, 1.54) is 4.90 Å². The number of carbonyl (C=O) groups excluding carboxylic acids is 1. The zero-order valence-electron chi connectivity index (χ0n) is 16.7. The molecule has 0 unspecified atom stereocenters. The number of benzene rings is 1. The minimum absolute atomic E-state index is 0.0500. The second kappa shape index (κ2) is 9.93. The van der Waals surface area contributed by atoms with Crippen LogP contribution in [0.25, 0.3) is 0 Å². The summed E-state index contributed by atoms with van der Waals surface area (Å²) in [6, 6.07) is 7.86. The Labute approximate surface area is 172 Å². The maximum atomic E-state index is 13.1. The van der Waals surface area contributed by atoms with Crippen LogP contribution in [0.3, 0.4) is 0 Å². The van der Waals surface area contributed by atoms with Crippen molar-refractivity contribution in [3.8, 4) is 0 Å². The van der Waals surface area contributed by atoms with Gasteiger partial charge in [-0.1, -0.05) is 23.9 Å². The van der Waals surface area contributed by atoms with Gasteiger partial charge in [-0.05, 0) is 31.8 Å². The number of rotatable bonds is 8. The fourth-order valence-electron chi connectivity index (χ4n) is 2.25. The van der Waals surface area contributed by atoms with E-state index in [1.54, 1.807) is 38.4 Å². The molecule has 2 aromatic rings. The van der Waals surface area contributed by atoms with E-state index in [9.17, 15) is 18.0 Å². The Morgan fingerprint density at radius 2 is 1.76 bits per heavy atom. The van der Waals surface area contributed by atoms with Gasteiger partial charge >= 0.3 is 6.18 Å². The van der Waals surface area contributed by atoms with E-state index >= 15 is 0 Å². The zero-order chi connectivity index (χ0) is 21.6. The third-order valence-electron chi connectivity index (χ3n) is 3.87. The normalized spacial score (nSPS) is 11.6. The van der Waals surface area contributed by atoms with Crippen LogP contribution < -0.4 is 10.2 Å². The van der Waals surface area contributed by atoms with Crippen LogP contribution in [0.4, 0.5) is 19.0 Å². The summed E-state index contributed by atoms with van der Waals surface area (Å²) >= 11 is 1.11. The van der Waals surface area contributed by atoms with Gasteiger partial charge in [-0.2, -0.15) is 13.2 Å². The van der Waals surface area contributed by atoms with Crippen LogP contribution in [0.1, 0.15) is 21.6 Å². The van der Waals surface area contributed by atoms with Gasteiger partial charge in [0, 0.05) is 44.6 Å². The van der Waals surface area contributed by atoms with Crippen molar-refractivity contribution in [2.45, 2.75) is 17.1 Å². The molecule has 1 N–H and O–H groups in total. The standard InChI is InChI=1S/C19H24F3N5OS/c1-26(2)10-9-23-17(28)14-7-5-13(6-8-14)12-29-18-24-15(19(20,21)22)11-16(25-18)27(3)4/h5-8,11H,9-10,12H2,1-4H3,(H,23,28). The molecule has 2 rings (SSSR count). The lowest BCUT2D eigenvalue weighted by molar-refractivity contribution is -0.141. The molecule has 0 saturated heterocycles. The highest BCUT2D eigenvalue weighted by Crippen LogP contribution is 2.31. The summed E-state index contributed by atoms with van der Waals surface area (Å²) in [5.41, 5.74) is 0.415. The van der Waals surface area contributed by atoms with E-state index in [2.05, 4.69) is 15.3 Å². The Bertz CT molecular complexity index is 826. The fraction of sp³-hybridized carbons (Fsp3) is 0.421. The maximum Gasteiger partial charge on any atom is 0.433 e. The van der Waals surface area contributed by atoms with Crippen LogP contribution in [-0.4, -0.2) is 62.1 Å². The summed E-state index contributed by atoms with van der Waals surface area (Å²) in [5.74, 6) is 0.416. The molecule has 0 atom stereocenters. The van der Waals surface area contributed by atoms with Crippen LogP contribution in [0.5, 0.6) is 0 Å². The van der Waals surface area contributed by atoms with Crippen molar-refractivity contribution in [1.29, 1.82) is 0 Å². The number of hydrogen-bond acceptors (Lipinski definition) is 6. The molecule has 0 saturated carbocycles. The quantitative estimate of drug-likeness (QED) is 0.516. The molecule has 0 bridgehead atoms. The fourth-order valence-corrected chi connectivity index (χ4v) is 3.06. The SMILES string of the molecule is CN(C)CCNC(=O)c1ccc(CSc2nc(N(C)C)cc(C(F)(F)F)n2)cc1. The Hall–Kier alpha value is -2.33. The summed E-state index contributed by atoms with van der Waals surface area (Å²) < 4.78 is 39.2. The monoisotopic (exact) mass is 427 g/mol. The van der Waals surface area contributed by atoms with Crippen molar-refractivity contribution in [3.05, 3.63) is 47.2 Å². The molecule has 29 heavy (non-hydrogen) atoms. The molecule has 1 aromatic carbocycles. The first-order valence-corrected chi connectivity index (χ1v) is 9.83. The predicted molar refractivity (Wildman–Crippen MR) is 108 cm³/mol. The average molecular weight is 427 g/mol. The number of nitrogens with zero attached hydrogens (tertiary/aromatic N) is 4. The summed E-state index contributed by atoms with van der Waals surface area (Å²) in [7, 11) is 7.10. The molecule has 0 aliphatic heterocycles. The highest BCUT2D eigenvalue weighted by Gasteiger charge is 2.34.